The Hall–Kier alpha value is -3.33. The van der Waals surface area contributed by atoms with E-state index < -0.39 is 18.4 Å². The fraction of sp³-hybridized carbons (Fsp3) is 0.250. The number of nitriles is 1. The Balaban J connectivity index is 2.22. The highest BCUT2D eigenvalue weighted by molar-refractivity contribution is 6.02. The van der Waals surface area contributed by atoms with Gasteiger partial charge in [0.1, 0.15) is 11.6 Å². The summed E-state index contributed by atoms with van der Waals surface area (Å²) in [6, 6.07) is 11.4. The zero-order valence-electron chi connectivity index (χ0n) is 15.3. The van der Waals surface area contributed by atoms with Crippen molar-refractivity contribution in [2.24, 2.45) is 5.73 Å². The number of nitrogens with zero attached hydrogens (tertiary/aromatic N) is 2. The zero-order chi connectivity index (χ0) is 19.4. The van der Waals surface area contributed by atoms with Gasteiger partial charge in [-0.15, -0.1) is 0 Å². The number of carbonyl (C=O) groups is 2. The molecule has 2 N–H and O–H groups in total. The molecule has 0 unspecified atom stereocenters. The molecule has 0 aliphatic heterocycles. The maximum atomic E-state index is 12.4. The van der Waals surface area contributed by atoms with Gasteiger partial charge in [-0.1, -0.05) is 17.7 Å². The largest absolute Gasteiger partial charge is 0.454 e. The van der Waals surface area contributed by atoms with Crippen LogP contribution < -0.4 is 5.73 Å². The fourth-order valence-corrected chi connectivity index (χ4v) is 2.71. The molecule has 0 aliphatic rings. The monoisotopic (exact) mass is 351 g/mol. The minimum atomic E-state index is -0.617. The van der Waals surface area contributed by atoms with E-state index in [0.717, 1.165) is 22.6 Å². The molecule has 1 aromatic heterocycles. The van der Waals surface area contributed by atoms with Gasteiger partial charge in [-0.2, -0.15) is 5.26 Å². The number of benzene rings is 1. The van der Waals surface area contributed by atoms with Crippen LogP contribution in [-0.4, -0.2) is 22.9 Å². The van der Waals surface area contributed by atoms with Gasteiger partial charge >= 0.3 is 5.97 Å². The summed E-state index contributed by atoms with van der Waals surface area (Å²) in [4.78, 5) is 24.3. The maximum Gasteiger partial charge on any atom is 0.340 e. The summed E-state index contributed by atoms with van der Waals surface area (Å²) >= 11 is 0. The second-order valence-corrected chi connectivity index (χ2v) is 6.12. The SMILES string of the molecule is C/C(N)=C(/C#N)C(=O)COC(=O)c1cc(C)n(-c2ccc(C)cc2)c1C. The van der Waals surface area contributed by atoms with E-state index in [2.05, 4.69) is 0 Å². The van der Waals surface area contributed by atoms with Crippen LogP contribution in [0, 0.1) is 32.1 Å². The van der Waals surface area contributed by atoms with E-state index in [1.165, 1.54) is 6.92 Å². The Morgan fingerprint density at radius 2 is 1.81 bits per heavy atom. The van der Waals surface area contributed by atoms with Gasteiger partial charge in [0.05, 0.1) is 5.56 Å². The van der Waals surface area contributed by atoms with E-state index in [1.807, 2.05) is 49.6 Å². The molecular weight excluding hydrogens is 330 g/mol. The normalized spacial score (nSPS) is 11.5. The molecule has 0 atom stereocenters. The summed E-state index contributed by atoms with van der Waals surface area (Å²) in [6.07, 6.45) is 0. The lowest BCUT2D eigenvalue weighted by molar-refractivity contribution is -0.118. The molecule has 0 saturated carbocycles. The number of aryl methyl sites for hydroxylation is 2. The van der Waals surface area contributed by atoms with Crippen LogP contribution >= 0.6 is 0 Å². The second kappa shape index (κ2) is 7.70. The Kier molecular flexibility index (Phi) is 5.63. The molecule has 6 heteroatoms. The number of hydrogen-bond acceptors (Lipinski definition) is 5. The Bertz CT molecular complexity index is 924. The topological polar surface area (TPSA) is 98.1 Å². The van der Waals surface area contributed by atoms with E-state index >= 15 is 0 Å². The van der Waals surface area contributed by atoms with Gasteiger partial charge in [0.25, 0.3) is 0 Å². The summed E-state index contributed by atoms with van der Waals surface area (Å²) in [6.45, 7) is 6.64. The molecule has 1 heterocycles. The minimum Gasteiger partial charge on any atom is -0.454 e. The fourth-order valence-electron chi connectivity index (χ4n) is 2.71. The molecular formula is C20H21N3O3. The predicted molar refractivity (Wildman–Crippen MR) is 97.8 cm³/mol. The number of ether oxygens (including phenoxy) is 1. The van der Waals surface area contributed by atoms with Gasteiger partial charge in [0, 0.05) is 22.8 Å². The van der Waals surface area contributed by atoms with Gasteiger partial charge in [-0.05, 0) is 45.9 Å². The number of allylic oxidation sites excluding steroid dienone is 1. The van der Waals surface area contributed by atoms with Crippen LogP contribution in [0.3, 0.4) is 0 Å². The van der Waals surface area contributed by atoms with Crippen LogP contribution in [0.15, 0.2) is 41.6 Å². The molecule has 0 saturated heterocycles. The number of nitrogens with two attached hydrogens (primary N) is 1. The number of aromatic nitrogens is 1. The summed E-state index contributed by atoms with van der Waals surface area (Å²) < 4.78 is 7.03. The molecule has 2 aromatic rings. The standard InChI is InChI=1S/C20H21N3O3/c1-12-5-7-16(8-6-12)23-13(2)9-17(15(23)4)20(25)26-11-19(24)18(10-21)14(3)22/h5-9H,11,22H2,1-4H3/b18-14+. The predicted octanol–water partition coefficient (Wildman–Crippen LogP) is 2.88. The van der Waals surface area contributed by atoms with Crippen molar-refractivity contribution in [3.63, 3.8) is 0 Å². The number of rotatable bonds is 5. The van der Waals surface area contributed by atoms with Crippen LogP contribution in [0.1, 0.15) is 34.2 Å². The van der Waals surface area contributed by atoms with Gasteiger partial charge in [-0.3, -0.25) is 4.79 Å². The molecule has 0 bridgehead atoms. The van der Waals surface area contributed by atoms with E-state index in [4.69, 9.17) is 15.7 Å². The first-order valence-electron chi connectivity index (χ1n) is 8.09. The quantitative estimate of drug-likeness (QED) is 0.507. The summed E-state index contributed by atoms with van der Waals surface area (Å²) in [5, 5.41) is 8.93. The van der Waals surface area contributed by atoms with Crippen LogP contribution in [0.4, 0.5) is 0 Å². The third-order valence-electron chi connectivity index (χ3n) is 4.06. The van der Waals surface area contributed by atoms with Crippen molar-refractivity contribution in [3.8, 4) is 11.8 Å². The molecule has 0 fully saturated rings. The lowest BCUT2D eigenvalue weighted by atomic mass is 10.1. The van der Waals surface area contributed by atoms with Gasteiger partial charge < -0.3 is 15.0 Å². The van der Waals surface area contributed by atoms with Crippen molar-refractivity contribution in [3.05, 3.63) is 64.1 Å². The van der Waals surface area contributed by atoms with E-state index in [0.29, 0.717) is 5.56 Å². The third kappa shape index (κ3) is 3.83. The van der Waals surface area contributed by atoms with Gasteiger partial charge in [0.15, 0.2) is 6.61 Å². The van der Waals surface area contributed by atoms with E-state index in [9.17, 15) is 9.59 Å². The Labute approximate surface area is 152 Å². The van der Waals surface area contributed by atoms with Crippen molar-refractivity contribution >= 4 is 11.8 Å². The van der Waals surface area contributed by atoms with Crippen LogP contribution in [0.25, 0.3) is 5.69 Å². The average molecular weight is 351 g/mol. The molecule has 0 aliphatic carbocycles. The lowest BCUT2D eigenvalue weighted by Crippen LogP contribution is -2.18. The van der Waals surface area contributed by atoms with Crippen molar-refractivity contribution in [2.75, 3.05) is 6.61 Å². The first-order valence-corrected chi connectivity index (χ1v) is 8.09. The van der Waals surface area contributed by atoms with Crippen molar-refractivity contribution in [1.82, 2.24) is 4.57 Å². The Morgan fingerprint density at radius 3 is 2.35 bits per heavy atom. The molecule has 0 radical (unpaired) electrons. The van der Waals surface area contributed by atoms with Crippen molar-refractivity contribution in [2.45, 2.75) is 27.7 Å². The zero-order valence-corrected chi connectivity index (χ0v) is 15.3. The summed E-state index contributed by atoms with van der Waals surface area (Å²) in [7, 11) is 0. The highest BCUT2D eigenvalue weighted by atomic mass is 16.5. The van der Waals surface area contributed by atoms with Gasteiger partial charge in [0.2, 0.25) is 5.78 Å². The van der Waals surface area contributed by atoms with Crippen LogP contribution in [-0.2, 0) is 9.53 Å². The molecule has 0 spiro atoms. The number of esters is 1. The molecule has 2 rings (SSSR count). The summed E-state index contributed by atoms with van der Waals surface area (Å²) in [5.41, 5.74) is 9.45. The van der Waals surface area contributed by atoms with Crippen molar-refractivity contribution < 1.29 is 14.3 Å². The second-order valence-electron chi connectivity index (χ2n) is 6.12. The van der Waals surface area contributed by atoms with Crippen molar-refractivity contribution in [1.29, 1.82) is 5.26 Å². The first kappa shape index (κ1) is 19.0. The van der Waals surface area contributed by atoms with E-state index in [1.54, 1.807) is 12.1 Å². The average Bonchev–Trinajstić information content (AvgIpc) is 2.88. The summed E-state index contributed by atoms with van der Waals surface area (Å²) in [5.74, 6) is -1.23. The minimum absolute atomic E-state index is 0.103. The number of ketones is 1. The molecule has 134 valence electrons. The highest BCUT2D eigenvalue weighted by Crippen LogP contribution is 2.22. The number of Topliss-reactive ketones (excluding diaryl/α,β-unsaturated/α-hetero) is 1. The molecule has 0 amide bonds. The smallest absolute Gasteiger partial charge is 0.340 e. The first-order chi connectivity index (χ1) is 12.3. The molecule has 6 nitrogen and oxygen atoms in total. The van der Waals surface area contributed by atoms with Gasteiger partial charge in [-0.25, -0.2) is 4.79 Å². The van der Waals surface area contributed by atoms with Crippen LogP contribution in [0.2, 0.25) is 0 Å². The van der Waals surface area contributed by atoms with Crippen LogP contribution in [0.5, 0.6) is 0 Å². The lowest BCUT2D eigenvalue weighted by Gasteiger charge is -2.10. The number of carbonyl (C=O) groups excluding carboxylic acids is 2. The third-order valence-corrected chi connectivity index (χ3v) is 4.06. The number of hydrogen-bond donors (Lipinski definition) is 1. The maximum absolute atomic E-state index is 12.4. The molecule has 1 aromatic carbocycles. The van der Waals surface area contributed by atoms with E-state index in [-0.39, 0.29) is 11.3 Å². The molecule has 26 heavy (non-hydrogen) atoms. The Morgan fingerprint density at radius 1 is 1.19 bits per heavy atom. The highest BCUT2D eigenvalue weighted by Gasteiger charge is 2.20.